The molecule has 0 bridgehead atoms. The number of hydrogen-bond donors (Lipinski definition) is 1. The summed E-state index contributed by atoms with van der Waals surface area (Å²) in [6.07, 6.45) is 3.08. The minimum absolute atomic E-state index is 0.157. The van der Waals surface area contributed by atoms with Crippen LogP contribution in [0.5, 0.6) is 0 Å². The van der Waals surface area contributed by atoms with Crippen LogP contribution in [0.25, 0.3) is 0 Å². The number of aryl methyl sites for hydroxylation is 2. The van der Waals surface area contributed by atoms with Gasteiger partial charge < -0.3 is 10.1 Å². The summed E-state index contributed by atoms with van der Waals surface area (Å²) in [6, 6.07) is 6.01. The minimum Gasteiger partial charge on any atom is -0.373 e. The summed E-state index contributed by atoms with van der Waals surface area (Å²) in [5, 5.41) is 8.04. The van der Waals surface area contributed by atoms with Gasteiger partial charge in [-0.25, -0.2) is 0 Å². The Bertz CT molecular complexity index is 623. The Morgan fingerprint density at radius 1 is 1.36 bits per heavy atom. The van der Waals surface area contributed by atoms with Gasteiger partial charge in [0.1, 0.15) is 0 Å². The summed E-state index contributed by atoms with van der Waals surface area (Å²) >= 11 is 0. The summed E-state index contributed by atoms with van der Waals surface area (Å²) in [6.45, 7) is 6.76. The van der Waals surface area contributed by atoms with Crippen LogP contribution in [-0.2, 0) is 18.3 Å². The second kappa shape index (κ2) is 6.58. The van der Waals surface area contributed by atoms with Crippen LogP contribution < -0.4 is 5.32 Å². The molecule has 0 aromatic carbocycles. The van der Waals surface area contributed by atoms with Crippen molar-refractivity contribution in [3.8, 4) is 0 Å². The van der Waals surface area contributed by atoms with Crippen LogP contribution in [-0.4, -0.2) is 27.9 Å². The second-order valence-electron chi connectivity index (χ2n) is 6.00. The van der Waals surface area contributed by atoms with Crippen LogP contribution in [0.4, 0.5) is 0 Å². The van der Waals surface area contributed by atoms with Crippen molar-refractivity contribution in [2.45, 2.75) is 32.9 Å². The molecule has 2 atom stereocenters. The third-order valence-electron chi connectivity index (χ3n) is 4.50. The molecule has 0 amide bonds. The van der Waals surface area contributed by atoms with E-state index in [1.54, 1.807) is 0 Å². The van der Waals surface area contributed by atoms with Crippen molar-refractivity contribution >= 4 is 0 Å². The summed E-state index contributed by atoms with van der Waals surface area (Å²) in [7, 11) is 2.00. The molecule has 1 fully saturated rings. The summed E-state index contributed by atoms with van der Waals surface area (Å²) in [5.74, 6) is 0.491. The number of nitrogens with zero attached hydrogens (tertiary/aromatic N) is 3. The number of aromatic nitrogens is 3. The lowest BCUT2D eigenvalue weighted by molar-refractivity contribution is 0.0893. The van der Waals surface area contributed by atoms with Gasteiger partial charge in [-0.2, -0.15) is 5.10 Å². The molecule has 118 valence electrons. The Morgan fingerprint density at radius 3 is 2.91 bits per heavy atom. The molecule has 1 N–H and O–H groups in total. The molecule has 2 aromatic rings. The van der Waals surface area contributed by atoms with Crippen molar-refractivity contribution in [1.82, 2.24) is 20.1 Å². The zero-order valence-electron chi connectivity index (χ0n) is 13.5. The molecule has 22 heavy (non-hydrogen) atoms. The SMILES string of the molecule is Cc1nn(C)c(C)c1[C@@H]1OCC[C@@H]1CNCc1ccccn1. The highest BCUT2D eigenvalue weighted by Gasteiger charge is 2.33. The molecule has 0 radical (unpaired) electrons. The van der Waals surface area contributed by atoms with Gasteiger partial charge in [0.25, 0.3) is 0 Å². The third kappa shape index (κ3) is 3.05. The van der Waals surface area contributed by atoms with Crippen LogP contribution in [0, 0.1) is 19.8 Å². The number of ether oxygens (including phenoxy) is 1. The van der Waals surface area contributed by atoms with Gasteiger partial charge >= 0.3 is 0 Å². The van der Waals surface area contributed by atoms with Crippen LogP contribution in [0.2, 0.25) is 0 Å². The molecule has 3 rings (SSSR count). The zero-order valence-corrected chi connectivity index (χ0v) is 13.5. The maximum atomic E-state index is 6.02. The maximum absolute atomic E-state index is 6.02. The predicted octanol–water partition coefficient (Wildman–Crippen LogP) is 2.30. The van der Waals surface area contributed by atoms with Gasteiger partial charge in [-0.1, -0.05) is 6.07 Å². The lowest BCUT2D eigenvalue weighted by atomic mass is 9.94. The Morgan fingerprint density at radius 2 is 2.23 bits per heavy atom. The average molecular weight is 300 g/mol. The predicted molar refractivity (Wildman–Crippen MR) is 85.4 cm³/mol. The molecule has 0 aliphatic carbocycles. The molecule has 5 heteroatoms. The van der Waals surface area contributed by atoms with Gasteiger partial charge in [-0.15, -0.1) is 0 Å². The van der Waals surface area contributed by atoms with Crippen molar-refractivity contribution in [3.05, 3.63) is 47.0 Å². The molecule has 5 nitrogen and oxygen atoms in total. The molecular formula is C17H24N4O. The van der Waals surface area contributed by atoms with E-state index in [2.05, 4.69) is 29.2 Å². The van der Waals surface area contributed by atoms with E-state index in [0.29, 0.717) is 5.92 Å². The first-order chi connectivity index (χ1) is 10.7. The third-order valence-corrected chi connectivity index (χ3v) is 4.50. The van der Waals surface area contributed by atoms with E-state index in [0.717, 1.165) is 37.5 Å². The molecule has 0 unspecified atom stereocenters. The minimum atomic E-state index is 0.157. The lowest BCUT2D eigenvalue weighted by Gasteiger charge is -2.19. The van der Waals surface area contributed by atoms with Crippen LogP contribution in [0.1, 0.15) is 35.2 Å². The number of nitrogens with one attached hydrogen (secondary N) is 1. The van der Waals surface area contributed by atoms with Gasteiger partial charge in [-0.3, -0.25) is 9.67 Å². The zero-order chi connectivity index (χ0) is 15.5. The highest BCUT2D eigenvalue weighted by Crippen LogP contribution is 2.37. The van der Waals surface area contributed by atoms with E-state index in [9.17, 15) is 0 Å². The van der Waals surface area contributed by atoms with Crippen molar-refractivity contribution in [2.75, 3.05) is 13.2 Å². The Hall–Kier alpha value is -1.72. The van der Waals surface area contributed by atoms with Crippen LogP contribution >= 0.6 is 0 Å². The van der Waals surface area contributed by atoms with Crippen molar-refractivity contribution in [2.24, 2.45) is 13.0 Å². The lowest BCUT2D eigenvalue weighted by Crippen LogP contribution is -2.25. The smallest absolute Gasteiger partial charge is 0.0901 e. The molecule has 1 saturated heterocycles. The van der Waals surface area contributed by atoms with Gasteiger partial charge in [0, 0.05) is 50.1 Å². The number of rotatable bonds is 5. The van der Waals surface area contributed by atoms with Gasteiger partial charge in [0.05, 0.1) is 17.5 Å². The highest BCUT2D eigenvalue weighted by atomic mass is 16.5. The topological polar surface area (TPSA) is 52.0 Å². The van der Waals surface area contributed by atoms with E-state index >= 15 is 0 Å². The van der Waals surface area contributed by atoms with Crippen molar-refractivity contribution < 1.29 is 4.74 Å². The van der Waals surface area contributed by atoms with Crippen LogP contribution in [0.15, 0.2) is 24.4 Å². The monoisotopic (exact) mass is 300 g/mol. The average Bonchev–Trinajstić information content (AvgIpc) is 3.05. The van der Waals surface area contributed by atoms with E-state index < -0.39 is 0 Å². The normalized spacial score (nSPS) is 21.4. The fourth-order valence-corrected chi connectivity index (χ4v) is 3.25. The molecular weight excluding hydrogens is 276 g/mol. The van der Waals surface area contributed by atoms with Gasteiger partial charge in [0.15, 0.2) is 0 Å². The first-order valence-corrected chi connectivity index (χ1v) is 7.89. The summed E-state index contributed by atoms with van der Waals surface area (Å²) < 4.78 is 7.97. The Balaban J connectivity index is 1.63. The largest absolute Gasteiger partial charge is 0.373 e. The molecule has 2 aromatic heterocycles. The van der Waals surface area contributed by atoms with Crippen molar-refractivity contribution in [1.29, 1.82) is 0 Å². The standard InChI is InChI=1S/C17H24N4O/c1-12-16(13(2)21(3)20-12)17-14(7-9-22-17)10-18-11-15-6-4-5-8-19-15/h4-6,8,14,17-18H,7,9-11H2,1-3H3/t14-,17-/m1/s1. The Labute approximate surface area is 131 Å². The quantitative estimate of drug-likeness (QED) is 0.920. The van der Waals surface area contributed by atoms with E-state index in [1.165, 1.54) is 11.3 Å². The van der Waals surface area contributed by atoms with Crippen molar-refractivity contribution in [3.63, 3.8) is 0 Å². The van der Waals surface area contributed by atoms with E-state index in [4.69, 9.17) is 4.74 Å². The number of hydrogen-bond acceptors (Lipinski definition) is 4. The Kier molecular flexibility index (Phi) is 4.55. The van der Waals surface area contributed by atoms with Crippen LogP contribution in [0.3, 0.4) is 0 Å². The summed E-state index contributed by atoms with van der Waals surface area (Å²) in [4.78, 5) is 4.34. The van der Waals surface area contributed by atoms with Gasteiger partial charge in [0.2, 0.25) is 0 Å². The molecule has 3 heterocycles. The highest BCUT2D eigenvalue weighted by molar-refractivity contribution is 5.28. The molecule has 1 aliphatic heterocycles. The first kappa shape index (κ1) is 15.2. The summed E-state index contributed by atoms with van der Waals surface area (Å²) in [5.41, 5.74) is 4.64. The van der Waals surface area contributed by atoms with E-state index in [1.807, 2.05) is 36.1 Å². The second-order valence-corrected chi connectivity index (χ2v) is 6.00. The molecule has 1 aliphatic rings. The fourth-order valence-electron chi connectivity index (χ4n) is 3.25. The maximum Gasteiger partial charge on any atom is 0.0901 e. The number of pyridine rings is 1. The molecule has 0 saturated carbocycles. The first-order valence-electron chi connectivity index (χ1n) is 7.89. The van der Waals surface area contributed by atoms with Gasteiger partial charge in [-0.05, 0) is 32.4 Å². The van der Waals surface area contributed by atoms with E-state index in [-0.39, 0.29) is 6.10 Å². The molecule has 0 spiro atoms. The fraction of sp³-hybridized carbons (Fsp3) is 0.529.